The zero-order valence-corrected chi connectivity index (χ0v) is 10.7. The average Bonchev–Trinajstić information content (AvgIpc) is 2.74. The van der Waals surface area contributed by atoms with Gasteiger partial charge in [-0.25, -0.2) is 0 Å². The minimum Gasteiger partial charge on any atom is -0.340 e. The Balaban J connectivity index is 1.94. The fraction of sp³-hybridized carbons (Fsp3) is 0.818. The standard InChI is InChI=1S/C11H19N3OS/c1-3-10(11-12-8(2)15-14-11)13-9-4-6-16-7-5-9/h9-10,13H,3-7H2,1-2H3/t10-/m1/s1. The van der Waals surface area contributed by atoms with Crippen molar-refractivity contribution in [3.05, 3.63) is 11.7 Å². The normalized spacial score (nSPS) is 19.9. The maximum Gasteiger partial charge on any atom is 0.223 e. The second-order valence-electron chi connectivity index (χ2n) is 4.19. The van der Waals surface area contributed by atoms with E-state index in [1.165, 1.54) is 24.3 Å². The molecule has 1 saturated heterocycles. The summed E-state index contributed by atoms with van der Waals surface area (Å²) in [6.07, 6.45) is 3.50. The van der Waals surface area contributed by atoms with Crippen LogP contribution in [0.15, 0.2) is 4.52 Å². The van der Waals surface area contributed by atoms with Crippen LogP contribution in [0.5, 0.6) is 0 Å². The summed E-state index contributed by atoms with van der Waals surface area (Å²) in [7, 11) is 0. The van der Waals surface area contributed by atoms with Gasteiger partial charge in [-0.2, -0.15) is 16.7 Å². The lowest BCUT2D eigenvalue weighted by atomic mass is 10.1. The Morgan fingerprint density at radius 3 is 2.81 bits per heavy atom. The number of hydrogen-bond donors (Lipinski definition) is 1. The summed E-state index contributed by atoms with van der Waals surface area (Å²) >= 11 is 2.04. The van der Waals surface area contributed by atoms with Crippen molar-refractivity contribution in [2.75, 3.05) is 11.5 Å². The Kier molecular flexibility index (Phi) is 4.23. The minimum atomic E-state index is 0.241. The van der Waals surface area contributed by atoms with Crippen molar-refractivity contribution in [1.82, 2.24) is 15.5 Å². The van der Waals surface area contributed by atoms with E-state index in [1.54, 1.807) is 0 Å². The molecule has 1 atom stereocenters. The Labute approximate surface area is 101 Å². The highest BCUT2D eigenvalue weighted by molar-refractivity contribution is 7.99. The number of aromatic nitrogens is 2. The highest BCUT2D eigenvalue weighted by Crippen LogP contribution is 2.21. The molecule has 1 aromatic rings. The van der Waals surface area contributed by atoms with Crippen LogP contribution in [0.1, 0.15) is 43.9 Å². The molecule has 5 heteroatoms. The SMILES string of the molecule is CC[C@@H](NC1CCSCC1)c1noc(C)n1. The average molecular weight is 241 g/mol. The van der Waals surface area contributed by atoms with Gasteiger partial charge in [-0.05, 0) is 30.8 Å². The van der Waals surface area contributed by atoms with Gasteiger partial charge in [0.15, 0.2) is 5.82 Å². The lowest BCUT2D eigenvalue weighted by molar-refractivity contribution is 0.356. The van der Waals surface area contributed by atoms with Gasteiger partial charge in [0, 0.05) is 13.0 Å². The van der Waals surface area contributed by atoms with Crippen LogP contribution in [-0.4, -0.2) is 27.7 Å². The van der Waals surface area contributed by atoms with Crippen molar-refractivity contribution in [2.24, 2.45) is 0 Å². The first kappa shape index (κ1) is 11.9. The van der Waals surface area contributed by atoms with Gasteiger partial charge in [0.25, 0.3) is 0 Å². The molecule has 2 heterocycles. The van der Waals surface area contributed by atoms with E-state index < -0.39 is 0 Å². The maximum absolute atomic E-state index is 5.03. The second kappa shape index (κ2) is 5.68. The molecule has 0 bridgehead atoms. The highest BCUT2D eigenvalue weighted by atomic mass is 32.2. The third-order valence-electron chi connectivity index (χ3n) is 2.92. The minimum absolute atomic E-state index is 0.241. The first-order chi connectivity index (χ1) is 7.79. The molecular weight excluding hydrogens is 222 g/mol. The van der Waals surface area contributed by atoms with E-state index in [1.807, 2.05) is 18.7 Å². The fourth-order valence-electron chi connectivity index (χ4n) is 1.98. The van der Waals surface area contributed by atoms with Gasteiger partial charge in [-0.1, -0.05) is 12.1 Å². The van der Waals surface area contributed by atoms with Gasteiger partial charge in [0.2, 0.25) is 5.89 Å². The van der Waals surface area contributed by atoms with Crippen molar-refractivity contribution in [3.8, 4) is 0 Å². The first-order valence-corrected chi connectivity index (χ1v) is 7.09. The molecule has 4 nitrogen and oxygen atoms in total. The molecule has 1 aliphatic rings. The molecule has 0 aromatic carbocycles. The lowest BCUT2D eigenvalue weighted by Crippen LogP contribution is -2.35. The third-order valence-corrected chi connectivity index (χ3v) is 3.97. The Morgan fingerprint density at radius 2 is 2.25 bits per heavy atom. The number of hydrogen-bond acceptors (Lipinski definition) is 5. The highest BCUT2D eigenvalue weighted by Gasteiger charge is 2.21. The van der Waals surface area contributed by atoms with Crippen LogP contribution in [-0.2, 0) is 0 Å². The molecule has 90 valence electrons. The Hall–Kier alpha value is -0.550. The monoisotopic (exact) mass is 241 g/mol. The summed E-state index contributed by atoms with van der Waals surface area (Å²) in [6.45, 7) is 3.99. The zero-order chi connectivity index (χ0) is 11.4. The number of aryl methyl sites for hydroxylation is 1. The third kappa shape index (κ3) is 2.98. The lowest BCUT2D eigenvalue weighted by Gasteiger charge is -2.26. The van der Waals surface area contributed by atoms with E-state index in [4.69, 9.17) is 4.52 Å². The molecule has 1 aliphatic heterocycles. The molecule has 1 aromatic heterocycles. The smallest absolute Gasteiger partial charge is 0.223 e. The number of thioether (sulfide) groups is 1. The second-order valence-corrected chi connectivity index (χ2v) is 5.41. The molecule has 1 N–H and O–H groups in total. The molecule has 0 radical (unpaired) electrons. The van der Waals surface area contributed by atoms with Crippen LogP contribution in [0.25, 0.3) is 0 Å². The van der Waals surface area contributed by atoms with Crippen LogP contribution in [0.3, 0.4) is 0 Å². The van der Waals surface area contributed by atoms with Crippen molar-refractivity contribution >= 4 is 11.8 Å². The van der Waals surface area contributed by atoms with E-state index in [0.717, 1.165) is 12.2 Å². The van der Waals surface area contributed by atoms with Crippen LogP contribution in [0.4, 0.5) is 0 Å². The largest absolute Gasteiger partial charge is 0.340 e. The molecule has 1 fully saturated rings. The van der Waals surface area contributed by atoms with Crippen molar-refractivity contribution in [2.45, 2.75) is 45.2 Å². The van der Waals surface area contributed by atoms with Crippen LogP contribution in [0, 0.1) is 6.92 Å². The summed E-state index contributed by atoms with van der Waals surface area (Å²) in [5, 5.41) is 7.64. The number of nitrogens with zero attached hydrogens (tertiary/aromatic N) is 2. The van der Waals surface area contributed by atoms with E-state index in [2.05, 4.69) is 22.4 Å². The van der Waals surface area contributed by atoms with Gasteiger partial charge in [0.05, 0.1) is 6.04 Å². The zero-order valence-electron chi connectivity index (χ0n) is 9.90. The van der Waals surface area contributed by atoms with Crippen molar-refractivity contribution < 1.29 is 4.52 Å². The molecular formula is C11H19N3OS. The summed E-state index contributed by atoms with van der Waals surface area (Å²) in [6, 6.07) is 0.857. The summed E-state index contributed by atoms with van der Waals surface area (Å²) < 4.78 is 5.03. The first-order valence-electron chi connectivity index (χ1n) is 5.93. The summed E-state index contributed by atoms with van der Waals surface area (Å²) in [5.74, 6) is 3.98. The van der Waals surface area contributed by atoms with E-state index in [9.17, 15) is 0 Å². The molecule has 16 heavy (non-hydrogen) atoms. The van der Waals surface area contributed by atoms with Gasteiger partial charge in [0.1, 0.15) is 0 Å². The Bertz CT molecular complexity index is 323. The molecule has 0 unspecified atom stereocenters. The molecule has 0 saturated carbocycles. The topological polar surface area (TPSA) is 51.0 Å². The maximum atomic E-state index is 5.03. The van der Waals surface area contributed by atoms with Crippen molar-refractivity contribution in [1.29, 1.82) is 0 Å². The molecule has 0 aliphatic carbocycles. The van der Waals surface area contributed by atoms with Gasteiger partial charge >= 0.3 is 0 Å². The van der Waals surface area contributed by atoms with E-state index >= 15 is 0 Å². The number of rotatable bonds is 4. The molecule has 2 rings (SSSR count). The quantitative estimate of drug-likeness (QED) is 0.876. The van der Waals surface area contributed by atoms with Crippen LogP contribution in [0.2, 0.25) is 0 Å². The summed E-state index contributed by atoms with van der Waals surface area (Å²) in [4.78, 5) is 4.30. The van der Waals surface area contributed by atoms with Gasteiger partial charge < -0.3 is 9.84 Å². The molecule has 0 spiro atoms. The number of nitrogens with one attached hydrogen (secondary N) is 1. The van der Waals surface area contributed by atoms with Gasteiger partial charge in [-0.15, -0.1) is 0 Å². The van der Waals surface area contributed by atoms with Crippen LogP contribution < -0.4 is 5.32 Å². The van der Waals surface area contributed by atoms with Crippen LogP contribution >= 0.6 is 11.8 Å². The predicted molar refractivity (Wildman–Crippen MR) is 65.5 cm³/mol. The van der Waals surface area contributed by atoms with E-state index in [0.29, 0.717) is 11.9 Å². The Morgan fingerprint density at radius 1 is 1.50 bits per heavy atom. The van der Waals surface area contributed by atoms with E-state index in [-0.39, 0.29) is 6.04 Å². The summed E-state index contributed by atoms with van der Waals surface area (Å²) in [5.41, 5.74) is 0. The fourth-order valence-corrected chi connectivity index (χ4v) is 3.09. The van der Waals surface area contributed by atoms with Crippen molar-refractivity contribution in [3.63, 3.8) is 0 Å². The predicted octanol–water partition coefficient (Wildman–Crippen LogP) is 2.31. The van der Waals surface area contributed by atoms with Gasteiger partial charge in [-0.3, -0.25) is 0 Å². The molecule has 0 amide bonds.